The van der Waals surface area contributed by atoms with Crippen LogP contribution in [0.5, 0.6) is 0 Å². The summed E-state index contributed by atoms with van der Waals surface area (Å²) in [6, 6.07) is 18.5. The highest BCUT2D eigenvalue weighted by atomic mass is 16.1. The molecule has 2 heterocycles. The van der Waals surface area contributed by atoms with Crippen LogP contribution in [0.1, 0.15) is 23.5 Å². The maximum absolute atomic E-state index is 12.2. The third-order valence-corrected chi connectivity index (χ3v) is 4.67. The fraction of sp³-hybridized carbons (Fsp3) is 0.200. The van der Waals surface area contributed by atoms with Gasteiger partial charge in [-0.3, -0.25) is 9.89 Å². The van der Waals surface area contributed by atoms with Crippen LogP contribution in [0.15, 0.2) is 54.6 Å². The first kappa shape index (κ1) is 15.4. The number of aromatic amines is 1. The smallest absolute Gasteiger partial charge is 0.226 e. The van der Waals surface area contributed by atoms with Crippen molar-refractivity contribution in [2.24, 2.45) is 0 Å². The predicted octanol–water partition coefficient (Wildman–Crippen LogP) is 3.62. The summed E-state index contributed by atoms with van der Waals surface area (Å²) in [6.07, 6.45) is 0.424. The highest BCUT2D eigenvalue weighted by molar-refractivity contribution is 5.96. The van der Waals surface area contributed by atoms with E-state index in [0.717, 1.165) is 28.1 Å². The molecule has 0 unspecified atom stereocenters. The molecule has 1 atom stereocenters. The van der Waals surface area contributed by atoms with Gasteiger partial charge in [-0.2, -0.15) is 5.10 Å². The second kappa shape index (κ2) is 6.09. The monoisotopic (exact) mass is 332 g/mol. The van der Waals surface area contributed by atoms with E-state index in [4.69, 9.17) is 0 Å². The zero-order valence-electron chi connectivity index (χ0n) is 14.3. The van der Waals surface area contributed by atoms with Crippen molar-refractivity contribution in [1.82, 2.24) is 10.2 Å². The number of amides is 1. The summed E-state index contributed by atoms with van der Waals surface area (Å²) in [6.45, 7) is 0. The van der Waals surface area contributed by atoms with Crippen molar-refractivity contribution >= 4 is 17.4 Å². The summed E-state index contributed by atoms with van der Waals surface area (Å²) < 4.78 is 0. The van der Waals surface area contributed by atoms with Gasteiger partial charge in [0.15, 0.2) is 5.82 Å². The summed E-state index contributed by atoms with van der Waals surface area (Å²) in [7, 11) is 4.04. The molecule has 0 radical (unpaired) electrons. The fourth-order valence-corrected chi connectivity index (χ4v) is 3.37. The average Bonchev–Trinajstić information content (AvgIpc) is 3.05. The molecule has 0 bridgehead atoms. The molecule has 3 aromatic rings. The van der Waals surface area contributed by atoms with Crippen molar-refractivity contribution in [1.29, 1.82) is 0 Å². The van der Waals surface area contributed by atoms with E-state index < -0.39 is 0 Å². The summed E-state index contributed by atoms with van der Waals surface area (Å²) in [5, 5.41) is 10.3. The van der Waals surface area contributed by atoms with Crippen molar-refractivity contribution < 1.29 is 4.79 Å². The Morgan fingerprint density at radius 3 is 2.44 bits per heavy atom. The molecule has 0 aliphatic carbocycles. The second-order valence-corrected chi connectivity index (χ2v) is 6.52. The van der Waals surface area contributed by atoms with E-state index in [1.807, 2.05) is 32.3 Å². The Morgan fingerprint density at radius 1 is 1.04 bits per heavy atom. The van der Waals surface area contributed by atoms with E-state index in [1.165, 1.54) is 0 Å². The van der Waals surface area contributed by atoms with Gasteiger partial charge in [-0.25, -0.2) is 0 Å². The fourth-order valence-electron chi connectivity index (χ4n) is 3.37. The third kappa shape index (κ3) is 2.78. The molecule has 5 nitrogen and oxygen atoms in total. The Hall–Kier alpha value is -3.08. The Balaban J connectivity index is 1.80. The van der Waals surface area contributed by atoms with Crippen LogP contribution in [0.4, 0.5) is 11.5 Å². The molecule has 5 heteroatoms. The van der Waals surface area contributed by atoms with Crippen LogP contribution in [0.25, 0.3) is 11.3 Å². The summed E-state index contributed by atoms with van der Waals surface area (Å²) in [5.41, 5.74) is 5.36. The zero-order chi connectivity index (χ0) is 17.4. The van der Waals surface area contributed by atoms with Gasteiger partial charge in [-0.05, 0) is 23.3 Å². The normalized spacial score (nSPS) is 16.2. The van der Waals surface area contributed by atoms with E-state index in [1.54, 1.807) is 0 Å². The van der Waals surface area contributed by atoms with Gasteiger partial charge < -0.3 is 10.2 Å². The van der Waals surface area contributed by atoms with Crippen LogP contribution in [0, 0.1) is 0 Å². The van der Waals surface area contributed by atoms with Gasteiger partial charge in [-0.15, -0.1) is 0 Å². The van der Waals surface area contributed by atoms with Gasteiger partial charge in [0, 0.05) is 37.7 Å². The van der Waals surface area contributed by atoms with Crippen LogP contribution in [0.3, 0.4) is 0 Å². The minimum Gasteiger partial charge on any atom is -0.378 e. The van der Waals surface area contributed by atoms with Crippen molar-refractivity contribution in [3.8, 4) is 11.3 Å². The highest BCUT2D eigenvalue weighted by Gasteiger charge is 2.31. The number of nitrogens with zero attached hydrogens (tertiary/aromatic N) is 2. The summed E-state index contributed by atoms with van der Waals surface area (Å²) in [4.78, 5) is 14.2. The first-order valence-corrected chi connectivity index (χ1v) is 8.34. The first-order valence-electron chi connectivity index (χ1n) is 8.34. The Kier molecular flexibility index (Phi) is 3.76. The van der Waals surface area contributed by atoms with Gasteiger partial charge in [-0.1, -0.05) is 42.5 Å². The number of rotatable bonds is 3. The number of carbonyl (C=O) groups is 1. The quantitative estimate of drug-likeness (QED) is 0.770. The van der Waals surface area contributed by atoms with Crippen molar-refractivity contribution in [2.75, 3.05) is 24.3 Å². The molecule has 1 aromatic heterocycles. The molecule has 2 aromatic carbocycles. The standard InChI is InChI=1S/C20H20N4O/c1-24(2)15-10-8-13(9-11-15)16-12-17(25)21-20-18(16)19(22-23-20)14-6-4-3-5-7-14/h3-11,16H,12H2,1-2H3,(H2,21,22,23,25)/t16-/m0/s1. The van der Waals surface area contributed by atoms with Crippen molar-refractivity contribution in [3.05, 3.63) is 65.7 Å². The molecule has 1 aliphatic rings. The molecule has 0 saturated heterocycles. The minimum atomic E-state index is -0.00563. The number of fused-ring (bicyclic) bond motifs is 1. The van der Waals surface area contributed by atoms with E-state index in [-0.39, 0.29) is 11.8 Å². The maximum Gasteiger partial charge on any atom is 0.226 e. The largest absolute Gasteiger partial charge is 0.378 e. The highest BCUT2D eigenvalue weighted by Crippen LogP contribution is 2.41. The van der Waals surface area contributed by atoms with E-state index in [0.29, 0.717) is 12.2 Å². The molecule has 25 heavy (non-hydrogen) atoms. The molecular formula is C20H20N4O. The first-order chi connectivity index (χ1) is 12.1. The predicted molar refractivity (Wildman–Crippen MR) is 99.9 cm³/mol. The second-order valence-electron chi connectivity index (χ2n) is 6.52. The van der Waals surface area contributed by atoms with Crippen LogP contribution in [-0.4, -0.2) is 30.2 Å². The van der Waals surface area contributed by atoms with Crippen LogP contribution in [0.2, 0.25) is 0 Å². The molecule has 4 rings (SSSR count). The van der Waals surface area contributed by atoms with Crippen LogP contribution < -0.4 is 10.2 Å². The Labute approximate surface area is 146 Å². The van der Waals surface area contributed by atoms with E-state index in [9.17, 15) is 4.79 Å². The molecule has 126 valence electrons. The lowest BCUT2D eigenvalue weighted by Gasteiger charge is -2.24. The number of H-pyrrole nitrogens is 1. The topological polar surface area (TPSA) is 61.0 Å². The third-order valence-electron chi connectivity index (χ3n) is 4.67. The number of nitrogens with one attached hydrogen (secondary N) is 2. The lowest BCUT2D eigenvalue weighted by molar-refractivity contribution is -0.116. The zero-order valence-corrected chi connectivity index (χ0v) is 14.3. The van der Waals surface area contributed by atoms with Gasteiger partial charge in [0.2, 0.25) is 5.91 Å². The number of hydrogen-bond donors (Lipinski definition) is 2. The average molecular weight is 332 g/mol. The number of benzene rings is 2. The van der Waals surface area contributed by atoms with Crippen molar-refractivity contribution in [2.45, 2.75) is 12.3 Å². The molecule has 0 spiro atoms. The van der Waals surface area contributed by atoms with Gasteiger partial charge in [0.1, 0.15) is 0 Å². The molecule has 0 fully saturated rings. The van der Waals surface area contributed by atoms with Gasteiger partial charge in [0.05, 0.1) is 5.69 Å². The van der Waals surface area contributed by atoms with Gasteiger partial charge in [0.25, 0.3) is 0 Å². The summed E-state index contributed by atoms with van der Waals surface area (Å²) >= 11 is 0. The number of aromatic nitrogens is 2. The van der Waals surface area contributed by atoms with Crippen LogP contribution in [-0.2, 0) is 4.79 Å². The van der Waals surface area contributed by atoms with E-state index in [2.05, 4.69) is 56.8 Å². The SMILES string of the molecule is CN(C)c1ccc([C@@H]2CC(=O)Nc3n[nH]c(-c4ccccc4)c32)cc1. The molecule has 1 aliphatic heterocycles. The summed E-state index contributed by atoms with van der Waals surface area (Å²) in [5.74, 6) is 0.631. The number of carbonyl (C=O) groups excluding carboxylic acids is 1. The molecule has 0 saturated carbocycles. The molecule has 1 amide bonds. The van der Waals surface area contributed by atoms with Crippen molar-refractivity contribution in [3.63, 3.8) is 0 Å². The van der Waals surface area contributed by atoms with Crippen LogP contribution >= 0.6 is 0 Å². The molecule has 2 N–H and O–H groups in total. The van der Waals surface area contributed by atoms with Gasteiger partial charge >= 0.3 is 0 Å². The Bertz CT molecular complexity index is 897. The Morgan fingerprint density at radius 2 is 1.76 bits per heavy atom. The lowest BCUT2D eigenvalue weighted by Crippen LogP contribution is -2.23. The molecular weight excluding hydrogens is 312 g/mol. The maximum atomic E-state index is 12.2. The minimum absolute atomic E-state index is 0.000276. The number of anilines is 2. The van der Waals surface area contributed by atoms with E-state index >= 15 is 0 Å². The number of hydrogen-bond acceptors (Lipinski definition) is 3. The lowest BCUT2D eigenvalue weighted by atomic mass is 9.84.